The van der Waals surface area contributed by atoms with Crippen LogP contribution < -0.4 is 25.4 Å². The normalized spacial score (nSPS) is 14.6. The number of nitrogens with one attached hydrogen (secondary N) is 3. The summed E-state index contributed by atoms with van der Waals surface area (Å²) < 4.78 is 10.6. The number of anilines is 1. The van der Waals surface area contributed by atoms with Crippen LogP contribution in [0.15, 0.2) is 36.4 Å². The molecule has 35 heavy (non-hydrogen) atoms. The van der Waals surface area contributed by atoms with Crippen LogP contribution in [0.5, 0.6) is 11.5 Å². The van der Waals surface area contributed by atoms with Gasteiger partial charge in [-0.3, -0.25) is 9.59 Å². The van der Waals surface area contributed by atoms with Gasteiger partial charge in [-0.25, -0.2) is 0 Å². The Bertz CT molecular complexity index is 961. The highest BCUT2D eigenvalue weighted by Gasteiger charge is 2.26. The molecule has 0 radical (unpaired) electrons. The molecular formula is C28H39N3O4. The average molecular weight is 482 g/mol. The fourth-order valence-corrected chi connectivity index (χ4v) is 4.86. The number of amides is 2. The molecule has 2 amide bonds. The van der Waals surface area contributed by atoms with E-state index in [2.05, 4.69) is 16.0 Å². The number of carbonyl (C=O) groups is 2. The van der Waals surface area contributed by atoms with Gasteiger partial charge in [0.2, 0.25) is 5.91 Å². The van der Waals surface area contributed by atoms with Crippen molar-refractivity contribution in [1.29, 1.82) is 0 Å². The second-order valence-corrected chi connectivity index (χ2v) is 9.36. The number of rotatable bonds is 11. The molecule has 2 aromatic carbocycles. The average Bonchev–Trinajstić information content (AvgIpc) is 2.86. The van der Waals surface area contributed by atoms with Crippen LogP contribution in [0, 0.1) is 19.8 Å². The van der Waals surface area contributed by atoms with Crippen LogP contribution in [0.4, 0.5) is 5.69 Å². The molecule has 7 nitrogen and oxygen atoms in total. The van der Waals surface area contributed by atoms with Gasteiger partial charge >= 0.3 is 0 Å². The second kappa shape index (κ2) is 13.0. The van der Waals surface area contributed by atoms with E-state index < -0.39 is 6.04 Å². The van der Waals surface area contributed by atoms with E-state index in [-0.39, 0.29) is 11.8 Å². The molecular weight excluding hydrogens is 442 g/mol. The number of methoxy groups -OCH3 is 2. The van der Waals surface area contributed by atoms with Gasteiger partial charge in [0.25, 0.3) is 5.91 Å². The summed E-state index contributed by atoms with van der Waals surface area (Å²) in [5, 5.41) is 9.31. The zero-order valence-corrected chi connectivity index (χ0v) is 21.4. The Balaban J connectivity index is 1.60. The number of hydrogen-bond donors (Lipinski definition) is 3. The largest absolute Gasteiger partial charge is 0.497 e. The molecule has 7 heteroatoms. The molecule has 1 atom stereocenters. The molecule has 1 saturated carbocycles. The van der Waals surface area contributed by atoms with Gasteiger partial charge < -0.3 is 25.4 Å². The van der Waals surface area contributed by atoms with Gasteiger partial charge in [-0.1, -0.05) is 32.1 Å². The molecule has 1 fully saturated rings. The summed E-state index contributed by atoms with van der Waals surface area (Å²) in [5.74, 6) is 1.67. The third-order valence-electron chi connectivity index (χ3n) is 6.69. The van der Waals surface area contributed by atoms with Crippen molar-refractivity contribution in [2.24, 2.45) is 5.92 Å². The minimum Gasteiger partial charge on any atom is -0.497 e. The van der Waals surface area contributed by atoms with Crippen molar-refractivity contribution in [3.8, 4) is 11.5 Å². The van der Waals surface area contributed by atoms with Crippen molar-refractivity contribution in [3.63, 3.8) is 0 Å². The molecule has 0 spiro atoms. The van der Waals surface area contributed by atoms with E-state index in [1.54, 1.807) is 14.2 Å². The molecule has 0 aromatic heterocycles. The third-order valence-corrected chi connectivity index (χ3v) is 6.69. The van der Waals surface area contributed by atoms with Gasteiger partial charge in [0, 0.05) is 24.3 Å². The Hall–Kier alpha value is -3.22. The van der Waals surface area contributed by atoms with E-state index >= 15 is 0 Å². The van der Waals surface area contributed by atoms with E-state index in [1.807, 2.05) is 50.2 Å². The van der Waals surface area contributed by atoms with Crippen LogP contribution >= 0.6 is 0 Å². The number of carbonyl (C=O) groups excluding carboxylic acids is 2. The van der Waals surface area contributed by atoms with Crippen molar-refractivity contribution in [2.75, 3.05) is 32.6 Å². The zero-order chi connectivity index (χ0) is 25.2. The highest BCUT2D eigenvalue weighted by Crippen LogP contribution is 2.28. The summed E-state index contributed by atoms with van der Waals surface area (Å²) in [5.41, 5.74) is 3.30. The smallest absolute Gasteiger partial charge is 0.251 e. The van der Waals surface area contributed by atoms with Crippen molar-refractivity contribution in [1.82, 2.24) is 10.6 Å². The summed E-state index contributed by atoms with van der Waals surface area (Å²) in [7, 11) is 3.26. The highest BCUT2D eigenvalue weighted by molar-refractivity contribution is 5.98. The summed E-state index contributed by atoms with van der Waals surface area (Å²) in [6, 6.07) is 10.7. The molecule has 2 aromatic rings. The van der Waals surface area contributed by atoms with Crippen molar-refractivity contribution < 1.29 is 19.1 Å². The van der Waals surface area contributed by atoms with Crippen LogP contribution in [-0.2, 0) is 4.79 Å². The van der Waals surface area contributed by atoms with E-state index in [0.717, 1.165) is 41.2 Å². The fraction of sp³-hybridized carbons (Fsp3) is 0.500. The monoisotopic (exact) mass is 481 g/mol. The molecule has 3 N–H and O–H groups in total. The molecule has 0 heterocycles. The SMILES string of the molecule is COc1ccc(NCCNC(=O)C(CC2CCCCC2)NC(=O)c2cc(C)c(OC)c(C)c2)cc1. The van der Waals surface area contributed by atoms with Gasteiger partial charge in [-0.2, -0.15) is 0 Å². The van der Waals surface area contributed by atoms with Crippen LogP contribution in [0.3, 0.4) is 0 Å². The van der Waals surface area contributed by atoms with E-state index in [1.165, 1.54) is 19.3 Å². The van der Waals surface area contributed by atoms with E-state index in [4.69, 9.17) is 9.47 Å². The minimum atomic E-state index is -0.561. The first kappa shape index (κ1) is 26.4. The predicted molar refractivity (Wildman–Crippen MR) is 139 cm³/mol. The van der Waals surface area contributed by atoms with Crippen LogP contribution in [0.25, 0.3) is 0 Å². The molecule has 1 aliphatic carbocycles. The number of aryl methyl sites for hydroxylation is 2. The first-order valence-corrected chi connectivity index (χ1v) is 12.5. The summed E-state index contributed by atoms with van der Waals surface area (Å²) in [4.78, 5) is 26.2. The summed E-state index contributed by atoms with van der Waals surface area (Å²) >= 11 is 0. The van der Waals surface area contributed by atoms with Crippen molar-refractivity contribution in [2.45, 2.75) is 58.4 Å². The Kier molecular flexibility index (Phi) is 9.82. The van der Waals surface area contributed by atoms with E-state index in [9.17, 15) is 9.59 Å². The van der Waals surface area contributed by atoms with Gasteiger partial charge in [-0.15, -0.1) is 0 Å². The molecule has 0 bridgehead atoms. The minimum absolute atomic E-state index is 0.137. The predicted octanol–water partition coefficient (Wildman–Crippen LogP) is 4.62. The number of benzene rings is 2. The van der Waals surface area contributed by atoms with E-state index in [0.29, 0.717) is 31.0 Å². The molecule has 1 aliphatic rings. The van der Waals surface area contributed by atoms with Gasteiger partial charge in [0.05, 0.1) is 14.2 Å². The van der Waals surface area contributed by atoms with Crippen molar-refractivity contribution >= 4 is 17.5 Å². The first-order chi connectivity index (χ1) is 16.9. The molecule has 190 valence electrons. The maximum Gasteiger partial charge on any atom is 0.251 e. The lowest BCUT2D eigenvalue weighted by Crippen LogP contribution is -2.48. The molecule has 0 saturated heterocycles. The topological polar surface area (TPSA) is 88.7 Å². The lowest BCUT2D eigenvalue weighted by Gasteiger charge is -2.27. The van der Waals surface area contributed by atoms with Gasteiger partial charge in [-0.05, 0) is 73.7 Å². The fourth-order valence-electron chi connectivity index (χ4n) is 4.86. The summed E-state index contributed by atoms with van der Waals surface area (Å²) in [6.45, 7) is 4.89. The third kappa shape index (κ3) is 7.64. The Labute approximate surface area is 209 Å². The Morgan fingerprint density at radius 3 is 2.20 bits per heavy atom. The highest BCUT2D eigenvalue weighted by atomic mass is 16.5. The molecule has 3 rings (SSSR count). The Morgan fingerprint density at radius 1 is 0.943 bits per heavy atom. The number of hydrogen-bond acceptors (Lipinski definition) is 5. The van der Waals surface area contributed by atoms with Gasteiger partial charge in [0.1, 0.15) is 17.5 Å². The van der Waals surface area contributed by atoms with Crippen LogP contribution in [0.1, 0.15) is 60.0 Å². The molecule has 1 unspecified atom stereocenters. The zero-order valence-electron chi connectivity index (χ0n) is 21.4. The maximum atomic E-state index is 13.1. The van der Waals surface area contributed by atoms with Crippen LogP contribution in [0.2, 0.25) is 0 Å². The van der Waals surface area contributed by atoms with Crippen molar-refractivity contribution in [3.05, 3.63) is 53.1 Å². The Morgan fingerprint density at radius 2 is 1.60 bits per heavy atom. The van der Waals surface area contributed by atoms with Crippen LogP contribution in [-0.4, -0.2) is 45.2 Å². The number of ether oxygens (including phenoxy) is 2. The second-order valence-electron chi connectivity index (χ2n) is 9.36. The molecule has 0 aliphatic heterocycles. The van der Waals surface area contributed by atoms with Gasteiger partial charge in [0.15, 0.2) is 0 Å². The maximum absolute atomic E-state index is 13.1. The lowest BCUT2D eigenvalue weighted by molar-refractivity contribution is -0.123. The first-order valence-electron chi connectivity index (χ1n) is 12.5. The quantitative estimate of drug-likeness (QED) is 0.408. The standard InChI is InChI=1S/C28H39N3O4/c1-19-16-22(17-20(2)26(19)35-4)27(32)31-25(18-21-8-6-5-7-9-21)28(33)30-15-14-29-23-10-12-24(34-3)13-11-23/h10-13,16-17,21,25,29H,5-9,14-15,18H2,1-4H3,(H,30,33)(H,31,32). The summed E-state index contributed by atoms with van der Waals surface area (Å²) in [6.07, 6.45) is 6.52. The lowest BCUT2D eigenvalue weighted by atomic mass is 9.84.